The van der Waals surface area contributed by atoms with Crippen molar-refractivity contribution in [2.24, 2.45) is 0 Å². The lowest BCUT2D eigenvalue weighted by Crippen LogP contribution is -2.21. The summed E-state index contributed by atoms with van der Waals surface area (Å²) in [4.78, 5) is 27.7. The first-order valence-corrected chi connectivity index (χ1v) is 10.7. The maximum atomic E-state index is 13.8. The molecule has 9 heteroatoms. The van der Waals surface area contributed by atoms with Crippen LogP contribution in [0.2, 0.25) is 0 Å². The number of aromatic nitrogens is 1. The number of rotatable bonds is 5. The molecule has 0 fully saturated rings. The molecule has 0 saturated heterocycles. The van der Waals surface area contributed by atoms with E-state index in [1.54, 1.807) is 36.5 Å². The molecule has 7 nitrogen and oxygen atoms in total. The number of fused-ring (bicyclic) bond motifs is 1. The summed E-state index contributed by atoms with van der Waals surface area (Å²) in [7, 11) is 0. The van der Waals surface area contributed by atoms with Gasteiger partial charge in [0.15, 0.2) is 0 Å². The lowest BCUT2D eigenvalue weighted by atomic mass is 10.1. The van der Waals surface area contributed by atoms with Crippen LogP contribution in [0, 0.1) is 11.6 Å². The molecular formula is C26H19F2N5O2. The fourth-order valence-electron chi connectivity index (χ4n) is 3.74. The van der Waals surface area contributed by atoms with Crippen LogP contribution in [0.5, 0.6) is 0 Å². The monoisotopic (exact) mass is 471 g/mol. The fourth-order valence-corrected chi connectivity index (χ4v) is 3.74. The number of carbonyl (C=O) groups is 2. The number of hydrogen-bond acceptors (Lipinski definition) is 3. The van der Waals surface area contributed by atoms with Crippen LogP contribution in [0.3, 0.4) is 0 Å². The van der Waals surface area contributed by atoms with Gasteiger partial charge in [-0.2, -0.15) is 0 Å². The van der Waals surface area contributed by atoms with Crippen LogP contribution in [0.4, 0.5) is 42.0 Å². The van der Waals surface area contributed by atoms with Crippen LogP contribution in [0.15, 0.2) is 79.0 Å². The lowest BCUT2D eigenvalue weighted by molar-refractivity contribution is -0.110. The number of carbonyl (C=O) groups excluding carboxylic acids is 2. The number of hydrogen-bond donors (Lipinski definition) is 5. The normalized spacial score (nSPS) is 13.3. The van der Waals surface area contributed by atoms with Gasteiger partial charge in [-0.25, -0.2) is 13.6 Å². The van der Waals surface area contributed by atoms with E-state index in [0.29, 0.717) is 22.6 Å². The van der Waals surface area contributed by atoms with Crippen LogP contribution >= 0.6 is 0 Å². The molecule has 0 bridgehead atoms. The first-order valence-electron chi connectivity index (χ1n) is 10.7. The minimum absolute atomic E-state index is 0.185. The molecular weight excluding hydrogens is 452 g/mol. The van der Waals surface area contributed by atoms with E-state index in [1.807, 2.05) is 30.3 Å². The highest BCUT2D eigenvalue weighted by Crippen LogP contribution is 2.35. The summed E-state index contributed by atoms with van der Waals surface area (Å²) < 4.78 is 27.5. The van der Waals surface area contributed by atoms with Crippen molar-refractivity contribution in [2.75, 3.05) is 21.3 Å². The number of benzene rings is 3. The molecule has 1 aliphatic heterocycles. The van der Waals surface area contributed by atoms with Gasteiger partial charge in [-0.1, -0.05) is 18.2 Å². The summed E-state index contributed by atoms with van der Waals surface area (Å²) in [5, 5.41) is 10.8. The summed E-state index contributed by atoms with van der Waals surface area (Å²) in [6.07, 6.45) is 3.58. The molecule has 5 N–H and O–H groups in total. The SMILES string of the molecule is O=C(Nc1cccc(Nc2ccc3c(c2)NC(=O)C3=Cc2ccc[nH]2)c1)Nc1c(F)cccc1F. The fraction of sp³-hybridized carbons (Fsp3) is 0. The Hall–Kier alpha value is -4.92. The van der Waals surface area contributed by atoms with Crippen LogP contribution in [-0.2, 0) is 4.79 Å². The third-order valence-corrected chi connectivity index (χ3v) is 5.33. The molecule has 5 rings (SSSR count). The summed E-state index contributed by atoms with van der Waals surface area (Å²) in [5.41, 5.74) is 4.14. The molecule has 1 aromatic heterocycles. The Morgan fingerprint density at radius 2 is 1.57 bits per heavy atom. The van der Waals surface area contributed by atoms with Crippen LogP contribution in [0.1, 0.15) is 11.3 Å². The summed E-state index contributed by atoms with van der Waals surface area (Å²) in [6.45, 7) is 0. The van der Waals surface area contributed by atoms with Gasteiger partial charge in [0.2, 0.25) is 0 Å². The standard InChI is InChI=1S/C26H19F2N5O2/c27-21-7-2-8-22(28)24(21)33-26(35)31-17-5-1-4-16(12-17)30-18-9-10-19-20(13-15-6-3-11-29-15)25(34)32-23(19)14-18/h1-14,29-30H,(H,32,34)(H2,31,33,35). The third kappa shape index (κ3) is 4.74. The summed E-state index contributed by atoms with van der Waals surface area (Å²) >= 11 is 0. The smallest absolute Gasteiger partial charge is 0.323 e. The number of halogens is 2. The van der Waals surface area contributed by atoms with Gasteiger partial charge < -0.3 is 26.3 Å². The van der Waals surface area contributed by atoms with Gasteiger partial charge in [0.1, 0.15) is 17.3 Å². The zero-order valence-electron chi connectivity index (χ0n) is 18.2. The van der Waals surface area contributed by atoms with Gasteiger partial charge in [0.05, 0.1) is 11.3 Å². The highest BCUT2D eigenvalue weighted by Gasteiger charge is 2.24. The molecule has 0 spiro atoms. The predicted molar refractivity (Wildman–Crippen MR) is 132 cm³/mol. The number of anilines is 5. The molecule has 174 valence electrons. The van der Waals surface area contributed by atoms with E-state index >= 15 is 0 Å². The highest BCUT2D eigenvalue weighted by molar-refractivity contribution is 6.35. The second kappa shape index (κ2) is 9.14. The highest BCUT2D eigenvalue weighted by atomic mass is 19.1. The minimum atomic E-state index is -0.870. The van der Waals surface area contributed by atoms with E-state index in [1.165, 1.54) is 6.07 Å². The molecule has 4 aromatic rings. The van der Waals surface area contributed by atoms with Crippen molar-refractivity contribution < 1.29 is 18.4 Å². The van der Waals surface area contributed by atoms with Crippen LogP contribution in [-0.4, -0.2) is 16.9 Å². The van der Waals surface area contributed by atoms with Gasteiger partial charge in [0.25, 0.3) is 5.91 Å². The second-order valence-corrected chi connectivity index (χ2v) is 7.78. The molecule has 2 heterocycles. The van der Waals surface area contributed by atoms with Gasteiger partial charge in [0, 0.05) is 34.5 Å². The number of nitrogens with one attached hydrogen (secondary N) is 5. The molecule has 0 atom stereocenters. The number of H-pyrrole nitrogens is 1. The van der Waals surface area contributed by atoms with Crippen molar-refractivity contribution >= 4 is 52.0 Å². The number of amides is 3. The number of urea groups is 1. The van der Waals surface area contributed by atoms with Crippen LogP contribution in [0.25, 0.3) is 11.6 Å². The van der Waals surface area contributed by atoms with E-state index in [2.05, 4.69) is 26.3 Å². The van der Waals surface area contributed by atoms with Gasteiger partial charge in [-0.15, -0.1) is 0 Å². The maximum Gasteiger partial charge on any atom is 0.323 e. The van der Waals surface area contributed by atoms with Gasteiger partial charge in [-0.3, -0.25) is 4.79 Å². The molecule has 0 aliphatic carbocycles. The zero-order chi connectivity index (χ0) is 24.4. The Kier molecular flexibility index (Phi) is 5.72. The zero-order valence-corrected chi connectivity index (χ0v) is 18.2. The Morgan fingerprint density at radius 1 is 0.829 bits per heavy atom. The molecule has 3 amide bonds. The Bertz CT molecular complexity index is 1440. The van der Waals surface area contributed by atoms with Crippen molar-refractivity contribution in [2.45, 2.75) is 0 Å². The topological polar surface area (TPSA) is 98.1 Å². The van der Waals surface area contributed by atoms with Crippen LogP contribution < -0.4 is 21.3 Å². The average Bonchev–Trinajstić information content (AvgIpc) is 3.44. The van der Waals surface area contributed by atoms with Crippen molar-refractivity contribution in [1.82, 2.24) is 4.98 Å². The molecule has 35 heavy (non-hydrogen) atoms. The van der Waals surface area contributed by atoms with Crippen molar-refractivity contribution in [1.29, 1.82) is 0 Å². The molecule has 0 radical (unpaired) electrons. The summed E-state index contributed by atoms with van der Waals surface area (Å²) in [5.74, 6) is -1.93. The quantitative estimate of drug-likeness (QED) is 0.225. The van der Waals surface area contributed by atoms with E-state index in [4.69, 9.17) is 0 Å². The third-order valence-electron chi connectivity index (χ3n) is 5.33. The lowest BCUT2D eigenvalue weighted by Gasteiger charge is -2.12. The second-order valence-electron chi connectivity index (χ2n) is 7.78. The number of aromatic amines is 1. The Balaban J connectivity index is 1.29. The average molecular weight is 471 g/mol. The van der Waals surface area contributed by atoms with E-state index < -0.39 is 23.4 Å². The largest absolute Gasteiger partial charge is 0.362 e. The van der Waals surface area contributed by atoms with Gasteiger partial charge >= 0.3 is 6.03 Å². The Labute approximate surface area is 198 Å². The minimum Gasteiger partial charge on any atom is -0.362 e. The van der Waals surface area contributed by atoms with Crippen molar-refractivity contribution in [3.8, 4) is 0 Å². The van der Waals surface area contributed by atoms with Gasteiger partial charge in [-0.05, 0) is 60.7 Å². The molecule has 0 unspecified atom stereocenters. The molecule has 3 aromatic carbocycles. The summed E-state index contributed by atoms with van der Waals surface area (Å²) in [6, 6.07) is 18.6. The number of para-hydroxylation sites is 1. The van der Waals surface area contributed by atoms with E-state index in [-0.39, 0.29) is 5.91 Å². The van der Waals surface area contributed by atoms with E-state index in [9.17, 15) is 18.4 Å². The molecule has 1 aliphatic rings. The Morgan fingerprint density at radius 3 is 2.34 bits per heavy atom. The van der Waals surface area contributed by atoms with Crippen molar-refractivity contribution in [3.05, 3.63) is 102 Å². The predicted octanol–water partition coefficient (Wildman–Crippen LogP) is 6.17. The maximum absolute atomic E-state index is 13.8. The molecule has 0 saturated carbocycles. The van der Waals surface area contributed by atoms with Crippen molar-refractivity contribution in [3.63, 3.8) is 0 Å². The first-order chi connectivity index (χ1) is 17.0. The van der Waals surface area contributed by atoms with E-state index in [0.717, 1.165) is 29.1 Å². The first kappa shape index (κ1) is 21.9.